The van der Waals surface area contributed by atoms with Crippen molar-refractivity contribution in [3.8, 4) is 0 Å². The van der Waals surface area contributed by atoms with E-state index in [1.165, 1.54) is 5.56 Å². The van der Waals surface area contributed by atoms with E-state index in [4.69, 9.17) is 4.42 Å². The third kappa shape index (κ3) is 5.41. The summed E-state index contributed by atoms with van der Waals surface area (Å²) in [4.78, 5) is 12.3. The summed E-state index contributed by atoms with van der Waals surface area (Å²) in [6, 6.07) is 19.2. The van der Waals surface area contributed by atoms with Gasteiger partial charge in [-0.15, -0.1) is 0 Å². The van der Waals surface area contributed by atoms with E-state index in [1.807, 2.05) is 62.4 Å². The Bertz CT molecular complexity index is 944. The number of nitrogens with one attached hydrogen (secondary N) is 1. The molecule has 1 aromatic heterocycles. The van der Waals surface area contributed by atoms with Gasteiger partial charge in [0.1, 0.15) is 5.76 Å². The smallest absolute Gasteiger partial charge is 0.287 e. The van der Waals surface area contributed by atoms with E-state index >= 15 is 0 Å². The molecule has 3 rings (SSSR count). The fraction of sp³-hybridized carbons (Fsp3) is 0.227. The van der Waals surface area contributed by atoms with Crippen LogP contribution in [0, 0.1) is 13.8 Å². The highest BCUT2D eigenvalue weighted by Crippen LogP contribution is 2.14. The Labute approximate surface area is 162 Å². The average Bonchev–Trinajstić information content (AvgIpc) is 3.11. The third-order valence-electron chi connectivity index (χ3n) is 4.34. The van der Waals surface area contributed by atoms with Crippen LogP contribution in [0.15, 0.2) is 65.1 Å². The number of hydrogen-bond donors (Lipinski definition) is 1. The summed E-state index contributed by atoms with van der Waals surface area (Å²) in [6.45, 7) is 4.48. The molecule has 3 aromatic rings. The molecule has 1 atom stereocenters. The Balaban J connectivity index is 1.54. The van der Waals surface area contributed by atoms with Crippen LogP contribution in [0.5, 0.6) is 0 Å². The van der Waals surface area contributed by atoms with E-state index in [9.17, 15) is 9.00 Å². The highest BCUT2D eigenvalue weighted by molar-refractivity contribution is 7.83. The summed E-state index contributed by atoms with van der Waals surface area (Å²) < 4.78 is 17.9. The van der Waals surface area contributed by atoms with Crippen LogP contribution in [0.2, 0.25) is 0 Å². The van der Waals surface area contributed by atoms with E-state index in [2.05, 4.69) is 5.32 Å². The van der Waals surface area contributed by atoms with Gasteiger partial charge in [0, 0.05) is 23.1 Å². The minimum Gasteiger partial charge on any atom is -0.455 e. The van der Waals surface area contributed by atoms with Crippen molar-refractivity contribution >= 4 is 16.7 Å². The van der Waals surface area contributed by atoms with Crippen LogP contribution in [0.25, 0.3) is 0 Å². The van der Waals surface area contributed by atoms with E-state index in [1.54, 1.807) is 12.1 Å². The lowest BCUT2D eigenvalue weighted by molar-refractivity contribution is 0.0921. The Morgan fingerprint density at radius 3 is 2.44 bits per heavy atom. The van der Waals surface area contributed by atoms with Gasteiger partial charge >= 0.3 is 0 Å². The zero-order valence-electron chi connectivity index (χ0n) is 15.5. The molecule has 0 saturated carbocycles. The van der Waals surface area contributed by atoms with Crippen molar-refractivity contribution in [1.82, 2.24) is 5.32 Å². The molecule has 0 unspecified atom stereocenters. The maximum Gasteiger partial charge on any atom is 0.287 e. The van der Waals surface area contributed by atoms with Crippen molar-refractivity contribution < 1.29 is 13.4 Å². The fourth-order valence-corrected chi connectivity index (χ4v) is 3.87. The first kappa shape index (κ1) is 19.1. The lowest BCUT2D eigenvalue weighted by Gasteiger charge is -2.06. The molecule has 0 aliphatic heterocycles. The lowest BCUT2D eigenvalue weighted by atomic mass is 10.1. The van der Waals surface area contributed by atoms with Gasteiger partial charge in [-0.05, 0) is 42.7 Å². The quantitative estimate of drug-likeness (QED) is 0.665. The molecular weight excluding hydrogens is 358 g/mol. The standard InChI is InChI=1S/C22H23NO3S/c1-16-7-9-18(10-8-16)14-27(25)15-20-11-12-21(26-20)22(24)23-13-19-6-4-3-5-17(19)2/h3-12H,13-15H2,1-2H3,(H,23,24)/t27-/m0/s1. The van der Waals surface area contributed by atoms with Crippen molar-refractivity contribution in [1.29, 1.82) is 0 Å². The molecule has 1 N–H and O–H groups in total. The average molecular weight is 381 g/mol. The van der Waals surface area contributed by atoms with Gasteiger partial charge in [0.25, 0.3) is 5.91 Å². The molecular formula is C22H23NO3S. The van der Waals surface area contributed by atoms with Gasteiger partial charge in [0.05, 0.1) is 5.75 Å². The Hall–Kier alpha value is -2.66. The first-order valence-electron chi connectivity index (χ1n) is 8.83. The van der Waals surface area contributed by atoms with Crippen molar-refractivity contribution in [2.45, 2.75) is 31.9 Å². The van der Waals surface area contributed by atoms with Crippen LogP contribution in [-0.2, 0) is 28.9 Å². The van der Waals surface area contributed by atoms with Crippen molar-refractivity contribution in [3.63, 3.8) is 0 Å². The van der Waals surface area contributed by atoms with E-state index < -0.39 is 10.8 Å². The molecule has 2 aromatic carbocycles. The molecule has 0 spiro atoms. The van der Waals surface area contributed by atoms with E-state index in [0.717, 1.165) is 16.7 Å². The number of amides is 1. The number of rotatable bonds is 7. The highest BCUT2D eigenvalue weighted by atomic mass is 32.2. The maximum atomic E-state index is 12.3. The lowest BCUT2D eigenvalue weighted by Crippen LogP contribution is -2.22. The first-order valence-corrected chi connectivity index (χ1v) is 10.3. The molecule has 0 fully saturated rings. The third-order valence-corrected chi connectivity index (χ3v) is 5.60. The molecule has 0 bridgehead atoms. The summed E-state index contributed by atoms with van der Waals surface area (Å²) >= 11 is 0. The van der Waals surface area contributed by atoms with Gasteiger partial charge in [-0.1, -0.05) is 54.1 Å². The summed E-state index contributed by atoms with van der Waals surface area (Å²) in [5.74, 6) is 1.29. The Kier molecular flexibility index (Phi) is 6.24. The first-order chi connectivity index (χ1) is 13.0. The second-order valence-electron chi connectivity index (χ2n) is 6.59. The van der Waals surface area contributed by atoms with Gasteiger partial charge in [0.15, 0.2) is 5.76 Å². The van der Waals surface area contributed by atoms with Crippen LogP contribution in [-0.4, -0.2) is 10.1 Å². The minimum atomic E-state index is -1.09. The number of furan rings is 1. The molecule has 1 amide bonds. The van der Waals surface area contributed by atoms with Crippen molar-refractivity contribution in [2.24, 2.45) is 0 Å². The largest absolute Gasteiger partial charge is 0.455 e. The van der Waals surface area contributed by atoms with Gasteiger partial charge in [0.2, 0.25) is 0 Å². The van der Waals surface area contributed by atoms with Gasteiger partial charge < -0.3 is 9.73 Å². The predicted molar refractivity (Wildman–Crippen MR) is 108 cm³/mol. The van der Waals surface area contributed by atoms with Crippen molar-refractivity contribution in [2.75, 3.05) is 0 Å². The normalized spacial score (nSPS) is 11.9. The highest BCUT2D eigenvalue weighted by Gasteiger charge is 2.13. The second kappa shape index (κ2) is 8.82. The van der Waals surface area contributed by atoms with Crippen LogP contribution in [0.3, 0.4) is 0 Å². The molecule has 5 heteroatoms. The molecule has 0 radical (unpaired) electrons. The fourth-order valence-electron chi connectivity index (χ4n) is 2.73. The number of hydrogen-bond acceptors (Lipinski definition) is 3. The number of carbonyl (C=O) groups excluding carboxylic acids is 1. The zero-order chi connectivity index (χ0) is 19.2. The molecule has 0 aliphatic rings. The number of benzene rings is 2. The summed E-state index contributed by atoms with van der Waals surface area (Å²) in [7, 11) is -1.09. The van der Waals surface area contributed by atoms with Crippen LogP contribution in [0.1, 0.15) is 38.6 Å². The van der Waals surface area contributed by atoms with E-state index in [-0.39, 0.29) is 11.7 Å². The maximum absolute atomic E-state index is 12.3. The number of carbonyl (C=O) groups is 1. The SMILES string of the molecule is Cc1ccc(C[S@](=O)Cc2ccc(C(=O)NCc3ccccc3C)o2)cc1. The Morgan fingerprint density at radius 1 is 0.963 bits per heavy atom. The predicted octanol–water partition coefficient (Wildman–Crippen LogP) is 4.28. The molecule has 140 valence electrons. The van der Waals surface area contributed by atoms with Crippen molar-refractivity contribution in [3.05, 3.63) is 94.4 Å². The van der Waals surface area contributed by atoms with Crippen LogP contribution in [0.4, 0.5) is 0 Å². The summed E-state index contributed by atoms with van der Waals surface area (Å²) in [6.07, 6.45) is 0. The molecule has 4 nitrogen and oxygen atoms in total. The summed E-state index contributed by atoms with van der Waals surface area (Å²) in [5.41, 5.74) is 4.40. The monoisotopic (exact) mass is 381 g/mol. The van der Waals surface area contributed by atoms with Crippen LogP contribution >= 0.6 is 0 Å². The second-order valence-corrected chi connectivity index (χ2v) is 8.05. The molecule has 0 aliphatic carbocycles. The minimum absolute atomic E-state index is 0.242. The van der Waals surface area contributed by atoms with Gasteiger partial charge in [-0.25, -0.2) is 0 Å². The van der Waals surface area contributed by atoms with Gasteiger partial charge in [-0.2, -0.15) is 0 Å². The molecule has 27 heavy (non-hydrogen) atoms. The van der Waals surface area contributed by atoms with Gasteiger partial charge in [-0.3, -0.25) is 9.00 Å². The zero-order valence-corrected chi connectivity index (χ0v) is 16.3. The van der Waals surface area contributed by atoms with Crippen LogP contribution < -0.4 is 5.32 Å². The van der Waals surface area contributed by atoms with E-state index in [0.29, 0.717) is 23.8 Å². The molecule has 0 saturated heterocycles. The summed E-state index contributed by atoms with van der Waals surface area (Å²) in [5, 5.41) is 2.86. The molecule has 1 heterocycles. The Morgan fingerprint density at radius 2 is 1.70 bits per heavy atom. The topological polar surface area (TPSA) is 59.3 Å². The number of aryl methyl sites for hydroxylation is 2.